The lowest BCUT2D eigenvalue weighted by atomic mass is 10.3. The lowest BCUT2D eigenvalue weighted by Gasteiger charge is -2.06. The molecular formula is C8H2Cl3IO3. The summed E-state index contributed by atoms with van der Waals surface area (Å²) in [5.41, 5.74) is 0. The van der Waals surface area contributed by atoms with E-state index in [-0.39, 0.29) is 15.8 Å². The van der Waals surface area contributed by atoms with Gasteiger partial charge in [-0.15, -0.1) is 0 Å². The average molecular weight is 379 g/mol. The molecule has 1 aromatic rings. The molecule has 3 nitrogen and oxygen atoms in total. The van der Waals surface area contributed by atoms with Gasteiger partial charge < -0.3 is 4.74 Å². The first-order valence-corrected chi connectivity index (χ1v) is 5.69. The van der Waals surface area contributed by atoms with E-state index >= 15 is 0 Å². The van der Waals surface area contributed by atoms with Crippen LogP contribution in [-0.4, -0.2) is 9.76 Å². The molecule has 0 aliphatic rings. The van der Waals surface area contributed by atoms with Gasteiger partial charge in [0.25, 0.3) is 3.79 Å². The summed E-state index contributed by atoms with van der Waals surface area (Å²) in [5.74, 6) is -1.11. The third-order valence-electron chi connectivity index (χ3n) is 1.32. The number of hydrogen-bond donors (Lipinski definition) is 0. The van der Waals surface area contributed by atoms with E-state index in [0.717, 1.165) is 0 Å². The van der Waals surface area contributed by atoms with Crippen molar-refractivity contribution in [2.75, 3.05) is 0 Å². The molecule has 15 heavy (non-hydrogen) atoms. The van der Waals surface area contributed by atoms with Gasteiger partial charge in [-0.25, -0.2) is 4.79 Å². The number of carbonyl (C=O) groups is 2. The molecule has 0 atom stereocenters. The Morgan fingerprint density at radius 1 is 1.13 bits per heavy atom. The number of halogens is 4. The second-order valence-electron chi connectivity index (χ2n) is 2.36. The van der Waals surface area contributed by atoms with Gasteiger partial charge in [-0.3, -0.25) is 4.79 Å². The van der Waals surface area contributed by atoms with Crippen molar-refractivity contribution in [3.05, 3.63) is 27.2 Å². The highest BCUT2D eigenvalue weighted by molar-refractivity contribution is 14.1. The fourth-order valence-electron chi connectivity index (χ4n) is 0.759. The molecule has 0 radical (unpaired) electrons. The first kappa shape index (κ1) is 13.0. The highest BCUT2D eigenvalue weighted by Crippen LogP contribution is 2.35. The van der Waals surface area contributed by atoms with Crippen molar-refractivity contribution in [2.45, 2.75) is 0 Å². The van der Waals surface area contributed by atoms with E-state index < -0.39 is 9.76 Å². The molecule has 0 fully saturated rings. The molecule has 0 unspecified atom stereocenters. The molecule has 0 aliphatic carbocycles. The number of carbonyl (C=O) groups excluding carboxylic acids is 2. The predicted molar refractivity (Wildman–Crippen MR) is 66.1 cm³/mol. The Morgan fingerprint density at radius 3 is 2.00 bits per heavy atom. The summed E-state index contributed by atoms with van der Waals surface area (Å²) in [6.07, 6.45) is 0. The Hall–Kier alpha value is -0.0400. The lowest BCUT2D eigenvalue weighted by Crippen LogP contribution is -2.14. The van der Waals surface area contributed by atoms with E-state index in [1.165, 1.54) is 34.7 Å². The largest absolute Gasteiger partial charge is 0.417 e. The zero-order chi connectivity index (χ0) is 11.6. The van der Waals surface area contributed by atoms with Crippen LogP contribution < -0.4 is 4.74 Å². The Balaban J connectivity index is 3.05. The van der Waals surface area contributed by atoms with Crippen molar-refractivity contribution >= 4 is 67.2 Å². The van der Waals surface area contributed by atoms with Crippen LogP contribution in [0.25, 0.3) is 0 Å². The highest BCUT2D eigenvalue weighted by atomic mass is 127. The number of esters is 1. The molecule has 1 aromatic carbocycles. The molecule has 0 bridgehead atoms. The minimum atomic E-state index is -1.04. The first-order chi connectivity index (χ1) is 6.91. The van der Waals surface area contributed by atoms with Crippen LogP contribution in [0.1, 0.15) is 0 Å². The normalized spacial score (nSPS) is 9.87. The minimum absolute atomic E-state index is 0.0681. The van der Waals surface area contributed by atoms with Crippen LogP contribution in [0.3, 0.4) is 0 Å². The van der Waals surface area contributed by atoms with Gasteiger partial charge in [-0.2, -0.15) is 0 Å². The minimum Gasteiger partial charge on any atom is -0.417 e. The Bertz CT molecular complexity index is 410. The number of ether oxygens (including phenoxy) is 1. The van der Waals surface area contributed by atoms with E-state index in [0.29, 0.717) is 5.02 Å². The van der Waals surface area contributed by atoms with Gasteiger partial charge in [0.2, 0.25) is 0 Å². The third kappa shape index (κ3) is 3.48. The summed E-state index contributed by atoms with van der Waals surface area (Å²) in [5, 5.41) is 0.447. The van der Waals surface area contributed by atoms with E-state index in [4.69, 9.17) is 34.8 Å². The topological polar surface area (TPSA) is 43.4 Å². The van der Waals surface area contributed by atoms with Crippen LogP contribution >= 0.6 is 57.4 Å². The Labute approximate surface area is 114 Å². The van der Waals surface area contributed by atoms with Gasteiger partial charge in [0.05, 0.1) is 10.0 Å². The van der Waals surface area contributed by atoms with E-state index in [1.807, 2.05) is 0 Å². The zero-order valence-electron chi connectivity index (χ0n) is 6.89. The summed E-state index contributed by atoms with van der Waals surface area (Å²) in [4.78, 5) is 21.6. The van der Waals surface area contributed by atoms with Crippen LogP contribution in [0.4, 0.5) is 0 Å². The summed E-state index contributed by atoms with van der Waals surface area (Å²) < 4.78 is 3.91. The quantitative estimate of drug-likeness (QED) is 0.260. The molecule has 0 spiro atoms. The fourth-order valence-corrected chi connectivity index (χ4v) is 1.76. The average Bonchev–Trinajstić information content (AvgIpc) is 2.10. The van der Waals surface area contributed by atoms with Gasteiger partial charge in [0, 0.05) is 27.6 Å². The van der Waals surface area contributed by atoms with Crippen molar-refractivity contribution in [2.24, 2.45) is 0 Å². The maximum atomic E-state index is 11.0. The van der Waals surface area contributed by atoms with Crippen LogP contribution in [0, 0.1) is 0 Å². The molecule has 0 amide bonds. The van der Waals surface area contributed by atoms with E-state index in [2.05, 4.69) is 4.74 Å². The third-order valence-corrected chi connectivity index (χ3v) is 2.54. The molecular weight excluding hydrogens is 377 g/mol. The van der Waals surface area contributed by atoms with Gasteiger partial charge >= 0.3 is 5.97 Å². The van der Waals surface area contributed by atoms with Crippen LogP contribution in [-0.2, 0) is 9.59 Å². The highest BCUT2D eigenvalue weighted by Gasteiger charge is 2.17. The summed E-state index contributed by atoms with van der Waals surface area (Å²) in [7, 11) is 0. The van der Waals surface area contributed by atoms with Crippen molar-refractivity contribution in [1.82, 2.24) is 0 Å². The molecule has 0 heterocycles. The molecule has 0 aliphatic heterocycles. The summed E-state index contributed by atoms with van der Waals surface area (Å²) in [6.45, 7) is 0. The number of rotatable bonds is 2. The van der Waals surface area contributed by atoms with Gasteiger partial charge in [-0.1, -0.05) is 34.8 Å². The SMILES string of the molecule is O=C(I)C(=O)Oc1c(Cl)cc(Cl)cc1Cl. The van der Waals surface area contributed by atoms with Crippen molar-refractivity contribution < 1.29 is 14.3 Å². The zero-order valence-corrected chi connectivity index (χ0v) is 11.3. The molecule has 80 valence electrons. The fraction of sp³-hybridized carbons (Fsp3) is 0. The number of benzene rings is 1. The van der Waals surface area contributed by atoms with E-state index in [9.17, 15) is 9.59 Å². The molecule has 0 aromatic heterocycles. The monoisotopic (exact) mass is 378 g/mol. The first-order valence-electron chi connectivity index (χ1n) is 3.48. The smallest absolute Gasteiger partial charge is 0.390 e. The standard InChI is InChI=1S/C8H2Cl3IO3/c9-3-1-4(10)6(5(11)2-3)15-8(14)7(12)13/h1-2H. The Morgan fingerprint density at radius 2 is 1.60 bits per heavy atom. The molecule has 0 N–H and O–H groups in total. The number of hydrogen-bond acceptors (Lipinski definition) is 3. The van der Waals surface area contributed by atoms with Crippen LogP contribution in [0.5, 0.6) is 5.75 Å². The maximum absolute atomic E-state index is 11.0. The van der Waals surface area contributed by atoms with Gasteiger partial charge in [0.1, 0.15) is 0 Å². The van der Waals surface area contributed by atoms with E-state index in [1.54, 1.807) is 0 Å². The summed E-state index contributed by atoms with van der Waals surface area (Å²) in [6, 6.07) is 2.71. The van der Waals surface area contributed by atoms with Gasteiger partial charge in [-0.05, 0) is 12.1 Å². The van der Waals surface area contributed by atoms with Crippen molar-refractivity contribution in [3.8, 4) is 5.75 Å². The van der Waals surface area contributed by atoms with Crippen molar-refractivity contribution in [3.63, 3.8) is 0 Å². The van der Waals surface area contributed by atoms with Crippen LogP contribution in [0.15, 0.2) is 12.1 Å². The molecule has 0 saturated carbocycles. The predicted octanol–water partition coefficient (Wildman–Crippen LogP) is 3.51. The van der Waals surface area contributed by atoms with Crippen LogP contribution in [0.2, 0.25) is 15.1 Å². The maximum Gasteiger partial charge on any atom is 0.390 e. The van der Waals surface area contributed by atoms with Crippen molar-refractivity contribution in [1.29, 1.82) is 0 Å². The Kier molecular flexibility index (Phi) is 4.64. The molecule has 1 rings (SSSR count). The molecule has 7 heteroatoms. The lowest BCUT2D eigenvalue weighted by molar-refractivity contribution is -0.142. The second kappa shape index (κ2) is 5.34. The molecule has 0 saturated heterocycles. The summed E-state index contributed by atoms with van der Waals surface area (Å²) >= 11 is 18.4. The van der Waals surface area contributed by atoms with Gasteiger partial charge in [0.15, 0.2) is 5.75 Å². The second-order valence-corrected chi connectivity index (χ2v) is 4.59.